The molecule has 3 aromatic rings. The first-order valence-electron chi connectivity index (χ1n) is 8.23. The number of primary amides is 1. The summed E-state index contributed by atoms with van der Waals surface area (Å²) in [5.41, 5.74) is 8.45. The molecule has 8 nitrogen and oxygen atoms in total. The largest absolute Gasteiger partial charge is 0.351 e. The van der Waals surface area contributed by atoms with Gasteiger partial charge in [-0.25, -0.2) is 9.78 Å². The Hall–Kier alpha value is -3.44. The van der Waals surface area contributed by atoms with Crippen molar-refractivity contribution in [3.8, 4) is 11.9 Å². The van der Waals surface area contributed by atoms with Crippen LogP contribution in [0.3, 0.4) is 0 Å². The number of benzene rings is 1. The van der Waals surface area contributed by atoms with Crippen molar-refractivity contribution in [3.63, 3.8) is 0 Å². The number of anilines is 1. The minimum Gasteiger partial charge on any atom is -0.351 e. The van der Waals surface area contributed by atoms with Crippen molar-refractivity contribution >= 4 is 23.3 Å². The van der Waals surface area contributed by atoms with Crippen LogP contribution in [-0.4, -0.2) is 26.0 Å². The minimum atomic E-state index is -0.593. The summed E-state index contributed by atoms with van der Waals surface area (Å²) in [6.45, 7) is 0. The molecule has 0 radical (unpaired) electrons. The molecule has 4 rings (SSSR count). The van der Waals surface area contributed by atoms with Gasteiger partial charge in [-0.05, 0) is 42.2 Å². The summed E-state index contributed by atoms with van der Waals surface area (Å²) in [6.07, 6.45) is 5.96. The second-order valence-electron chi connectivity index (χ2n) is 6.07. The lowest BCUT2D eigenvalue weighted by Crippen LogP contribution is -2.42. The predicted molar refractivity (Wildman–Crippen MR) is 98.4 cm³/mol. The van der Waals surface area contributed by atoms with Gasteiger partial charge in [-0.1, -0.05) is 17.7 Å². The molecule has 0 bridgehead atoms. The number of aromatic nitrogens is 4. The van der Waals surface area contributed by atoms with Crippen LogP contribution >= 0.6 is 11.6 Å². The lowest BCUT2D eigenvalue weighted by Gasteiger charge is -2.36. The number of nitrogens with zero attached hydrogens (tertiary/aromatic N) is 6. The van der Waals surface area contributed by atoms with Crippen molar-refractivity contribution in [2.75, 3.05) is 4.90 Å². The molecule has 0 saturated heterocycles. The molecule has 0 aliphatic carbocycles. The molecule has 27 heavy (non-hydrogen) atoms. The molecule has 9 heteroatoms. The summed E-state index contributed by atoms with van der Waals surface area (Å²) in [5.74, 6) is 0.402. The van der Waals surface area contributed by atoms with Gasteiger partial charge in [0.25, 0.3) is 0 Å². The van der Waals surface area contributed by atoms with Crippen molar-refractivity contribution in [2.45, 2.75) is 18.9 Å². The first-order chi connectivity index (χ1) is 13.1. The Morgan fingerprint density at radius 3 is 2.78 bits per heavy atom. The van der Waals surface area contributed by atoms with Crippen molar-refractivity contribution in [1.29, 1.82) is 5.26 Å². The van der Waals surface area contributed by atoms with Crippen molar-refractivity contribution in [1.82, 2.24) is 20.0 Å². The maximum Gasteiger partial charge on any atom is 0.319 e. The first-order valence-corrected chi connectivity index (χ1v) is 8.60. The van der Waals surface area contributed by atoms with E-state index < -0.39 is 6.03 Å². The van der Waals surface area contributed by atoms with Crippen LogP contribution in [0.2, 0.25) is 5.02 Å². The van der Waals surface area contributed by atoms with Gasteiger partial charge >= 0.3 is 6.03 Å². The van der Waals surface area contributed by atoms with Gasteiger partial charge in [0.2, 0.25) is 0 Å². The molecule has 1 aromatic carbocycles. The smallest absolute Gasteiger partial charge is 0.319 e. The molecule has 0 spiro atoms. The fraction of sp³-hybridized carbons (Fsp3) is 0.167. The molecule has 2 amide bonds. The molecule has 1 atom stereocenters. The van der Waals surface area contributed by atoms with Gasteiger partial charge in [0.15, 0.2) is 5.82 Å². The highest BCUT2D eigenvalue weighted by Gasteiger charge is 2.32. The third-order valence-electron chi connectivity index (χ3n) is 4.58. The maximum absolute atomic E-state index is 12.2. The van der Waals surface area contributed by atoms with Crippen LogP contribution in [0.1, 0.15) is 29.2 Å². The highest BCUT2D eigenvalue weighted by Crippen LogP contribution is 2.40. The quantitative estimate of drug-likeness (QED) is 0.735. The van der Waals surface area contributed by atoms with Crippen molar-refractivity contribution in [2.24, 2.45) is 5.73 Å². The Balaban J connectivity index is 1.76. The third kappa shape index (κ3) is 2.88. The topological polar surface area (TPSA) is 114 Å². The van der Waals surface area contributed by atoms with E-state index in [2.05, 4.69) is 21.3 Å². The van der Waals surface area contributed by atoms with E-state index >= 15 is 0 Å². The first kappa shape index (κ1) is 17.0. The minimum absolute atomic E-state index is 0.325. The van der Waals surface area contributed by atoms with E-state index in [1.807, 2.05) is 0 Å². The van der Waals surface area contributed by atoms with E-state index in [0.717, 1.165) is 11.1 Å². The second-order valence-corrected chi connectivity index (χ2v) is 6.48. The Morgan fingerprint density at radius 1 is 1.33 bits per heavy atom. The van der Waals surface area contributed by atoms with Crippen LogP contribution in [-0.2, 0) is 6.42 Å². The number of halogens is 1. The zero-order valence-electron chi connectivity index (χ0n) is 14.1. The van der Waals surface area contributed by atoms with Gasteiger partial charge in [0.1, 0.15) is 0 Å². The van der Waals surface area contributed by atoms with E-state index in [0.29, 0.717) is 34.9 Å². The number of fused-ring (bicyclic) bond motifs is 1. The van der Waals surface area contributed by atoms with Gasteiger partial charge in [0.05, 0.1) is 40.8 Å². The molecule has 1 aliphatic rings. The van der Waals surface area contributed by atoms with E-state index in [1.165, 1.54) is 22.1 Å². The molecule has 1 unspecified atom stereocenters. The second kappa shape index (κ2) is 6.70. The van der Waals surface area contributed by atoms with Crippen molar-refractivity contribution in [3.05, 3.63) is 64.6 Å². The molecule has 2 N–H and O–H groups in total. The Kier molecular flexibility index (Phi) is 4.22. The van der Waals surface area contributed by atoms with E-state index in [1.54, 1.807) is 30.5 Å². The van der Waals surface area contributed by atoms with Crippen LogP contribution in [0.4, 0.5) is 10.5 Å². The van der Waals surface area contributed by atoms with Crippen LogP contribution in [0.15, 0.2) is 42.9 Å². The Morgan fingerprint density at radius 2 is 2.11 bits per heavy atom. The zero-order valence-corrected chi connectivity index (χ0v) is 14.8. The fourth-order valence-electron chi connectivity index (χ4n) is 3.43. The van der Waals surface area contributed by atoms with Crippen molar-refractivity contribution < 1.29 is 4.79 Å². The number of rotatable bonds is 2. The predicted octanol–water partition coefficient (Wildman–Crippen LogP) is 2.76. The molecule has 2 aromatic heterocycles. The number of urea groups is 1. The van der Waals surface area contributed by atoms with E-state index in [4.69, 9.17) is 17.3 Å². The van der Waals surface area contributed by atoms with Crippen LogP contribution < -0.4 is 10.6 Å². The van der Waals surface area contributed by atoms with Crippen LogP contribution in [0.5, 0.6) is 0 Å². The molecular weight excluding hydrogens is 366 g/mol. The summed E-state index contributed by atoms with van der Waals surface area (Å²) in [7, 11) is 0. The van der Waals surface area contributed by atoms with Gasteiger partial charge in [0, 0.05) is 6.20 Å². The van der Waals surface area contributed by atoms with Gasteiger partial charge in [-0.15, -0.1) is 4.80 Å². The number of nitrogens with two attached hydrogens (primary N) is 1. The van der Waals surface area contributed by atoms with Gasteiger partial charge in [-0.3, -0.25) is 4.90 Å². The highest BCUT2D eigenvalue weighted by atomic mass is 35.5. The molecule has 134 valence electrons. The van der Waals surface area contributed by atoms with Gasteiger partial charge in [-0.2, -0.15) is 15.5 Å². The number of pyridine rings is 1. The maximum atomic E-state index is 12.2. The van der Waals surface area contributed by atoms with Gasteiger partial charge < -0.3 is 5.73 Å². The summed E-state index contributed by atoms with van der Waals surface area (Å²) in [6, 6.07) is 8.28. The average Bonchev–Trinajstić information content (AvgIpc) is 3.20. The molecule has 0 fully saturated rings. The average molecular weight is 380 g/mol. The number of hydrogen-bond acceptors (Lipinski definition) is 5. The molecule has 3 heterocycles. The fourth-order valence-corrected chi connectivity index (χ4v) is 3.68. The summed E-state index contributed by atoms with van der Waals surface area (Å²) in [5, 5.41) is 17.7. The van der Waals surface area contributed by atoms with E-state index in [9.17, 15) is 10.1 Å². The zero-order chi connectivity index (χ0) is 19.0. The standard InChI is InChI=1S/C18H14ClN7O/c19-14-8-12(10-22-17(14)26-23-6-7-24-26)15-5-4-13-11(9-20)2-1-3-16(13)25(15)18(21)27/h1-3,6-8,10,15H,4-5H2,(H2,21,27). The van der Waals surface area contributed by atoms with E-state index in [-0.39, 0.29) is 6.04 Å². The molecule has 1 aliphatic heterocycles. The normalized spacial score (nSPS) is 15.9. The number of carbonyl (C=O) groups is 1. The SMILES string of the molecule is N#Cc1cccc2c1CCC(c1cnc(-n3nccn3)c(Cl)c1)N2C(N)=O. The lowest BCUT2D eigenvalue weighted by atomic mass is 9.90. The Labute approximate surface area is 159 Å². The number of amides is 2. The number of hydrogen-bond donors (Lipinski definition) is 1. The molecular formula is C18H14ClN7O. The monoisotopic (exact) mass is 379 g/mol. The molecule has 0 saturated carbocycles. The summed E-state index contributed by atoms with van der Waals surface area (Å²) in [4.78, 5) is 19.4. The van der Waals surface area contributed by atoms with Crippen LogP contribution in [0, 0.1) is 11.3 Å². The third-order valence-corrected chi connectivity index (χ3v) is 4.86. The van der Waals surface area contributed by atoms with Crippen LogP contribution in [0.25, 0.3) is 5.82 Å². The Bertz CT molecular complexity index is 1060. The lowest BCUT2D eigenvalue weighted by molar-refractivity contribution is 0.250. The summed E-state index contributed by atoms with van der Waals surface area (Å²) < 4.78 is 0. The highest BCUT2D eigenvalue weighted by molar-refractivity contribution is 6.32. The number of nitriles is 1. The number of carbonyl (C=O) groups excluding carboxylic acids is 1. The summed E-state index contributed by atoms with van der Waals surface area (Å²) >= 11 is 6.37.